The molecule has 20 heavy (non-hydrogen) atoms. The lowest BCUT2D eigenvalue weighted by atomic mass is 9.78. The fourth-order valence-corrected chi connectivity index (χ4v) is 3.94. The van der Waals surface area contributed by atoms with Gasteiger partial charge < -0.3 is 15.3 Å². The standard InChI is InChI=1S/C17H34N2O/c1-14(2)16-6-3-4-7-17(16)18-10-5-11-19-12-8-15(20)9-13-19/h14-18,20H,3-13H2,1-2H3. The summed E-state index contributed by atoms with van der Waals surface area (Å²) in [6.07, 6.45) is 8.76. The van der Waals surface area contributed by atoms with Crippen LogP contribution in [0.25, 0.3) is 0 Å². The maximum absolute atomic E-state index is 9.51. The molecule has 0 aromatic carbocycles. The Morgan fingerprint density at radius 3 is 2.50 bits per heavy atom. The lowest BCUT2D eigenvalue weighted by Gasteiger charge is -2.35. The molecule has 1 saturated carbocycles. The van der Waals surface area contributed by atoms with E-state index in [1.54, 1.807) is 0 Å². The first-order valence-corrected chi connectivity index (χ1v) is 8.80. The van der Waals surface area contributed by atoms with Gasteiger partial charge in [-0.05, 0) is 57.0 Å². The molecule has 2 atom stereocenters. The van der Waals surface area contributed by atoms with Gasteiger partial charge in [0.25, 0.3) is 0 Å². The lowest BCUT2D eigenvalue weighted by molar-refractivity contribution is 0.0817. The van der Waals surface area contributed by atoms with Gasteiger partial charge in [0.15, 0.2) is 0 Å². The van der Waals surface area contributed by atoms with Gasteiger partial charge in [0.1, 0.15) is 0 Å². The summed E-state index contributed by atoms with van der Waals surface area (Å²) in [5.41, 5.74) is 0. The number of rotatable bonds is 6. The zero-order valence-corrected chi connectivity index (χ0v) is 13.5. The van der Waals surface area contributed by atoms with Gasteiger partial charge in [-0.2, -0.15) is 0 Å². The third-order valence-corrected chi connectivity index (χ3v) is 5.29. The molecule has 0 radical (unpaired) electrons. The Bertz CT molecular complexity index is 262. The van der Waals surface area contributed by atoms with Gasteiger partial charge in [-0.1, -0.05) is 26.7 Å². The van der Waals surface area contributed by atoms with Crippen molar-refractivity contribution in [3.63, 3.8) is 0 Å². The molecule has 118 valence electrons. The Morgan fingerprint density at radius 2 is 1.80 bits per heavy atom. The summed E-state index contributed by atoms with van der Waals surface area (Å²) >= 11 is 0. The van der Waals surface area contributed by atoms with Crippen molar-refractivity contribution in [1.29, 1.82) is 0 Å². The van der Waals surface area contributed by atoms with Gasteiger partial charge >= 0.3 is 0 Å². The zero-order valence-electron chi connectivity index (χ0n) is 13.5. The highest BCUT2D eigenvalue weighted by molar-refractivity contribution is 4.83. The van der Waals surface area contributed by atoms with Crippen molar-refractivity contribution in [1.82, 2.24) is 10.2 Å². The molecule has 1 aliphatic carbocycles. The zero-order chi connectivity index (χ0) is 14.4. The van der Waals surface area contributed by atoms with Crippen LogP contribution in [0.5, 0.6) is 0 Å². The molecule has 1 saturated heterocycles. The normalized spacial score (nSPS) is 30.0. The molecule has 0 spiro atoms. The van der Waals surface area contributed by atoms with Crippen molar-refractivity contribution in [2.75, 3.05) is 26.2 Å². The number of likely N-dealkylation sites (tertiary alicyclic amines) is 1. The van der Waals surface area contributed by atoms with Gasteiger partial charge in [0.05, 0.1) is 6.10 Å². The van der Waals surface area contributed by atoms with Gasteiger partial charge in [0, 0.05) is 19.1 Å². The molecule has 0 bridgehead atoms. The van der Waals surface area contributed by atoms with E-state index in [0.717, 1.165) is 50.4 Å². The van der Waals surface area contributed by atoms with Crippen molar-refractivity contribution in [2.24, 2.45) is 11.8 Å². The molecular weight excluding hydrogens is 248 g/mol. The Hall–Kier alpha value is -0.120. The van der Waals surface area contributed by atoms with E-state index in [4.69, 9.17) is 0 Å². The monoisotopic (exact) mass is 282 g/mol. The highest BCUT2D eigenvalue weighted by Crippen LogP contribution is 2.30. The number of nitrogens with one attached hydrogen (secondary N) is 1. The maximum Gasteiger partial charge on any atom is 0.0564 e. The molecule has 1 aliphatic heterocycles. The largest absolute Gasteiger partial charge is 0.393 e. The average molecular weight is 282 g/mol. The Balaban J connectivity index is 1.60. The van der Waals surface area contributed by atoms with Crippen LogP contribution in [-0.4, -0.2) is 48.3 Å². The number of aliphatic hydroxyl groups is 1. The Morgan fingerprint density at radius 1 is 1.10 bits per heavy atom. The van der Waals surface area contributed by atoms with E-state index < -0.39 is 0 Å². The highest BCUT2D eigenvalue weighted by atomic mass is 16.3. The average Bonchev–Trinajstić information content (AvgIpc) is 2.46. The molecule has 0 aromatic heterocycles. The van der Waals surface area contributed by atoms with Crippen LogP contribution in [0.3, 0.4) is 0 Å². The summed E-state index contributed by atoms with van der Waals surface area (Å²) in [5.74, 6) is 1.70. The topological polar surface area (TPSA) is 35.5 Å². The number of hydrogen-bond donors (Lipinski definition) is 2. The highest BCUT2D eigenvalue weighted by Gasteiger charge is 2.26. The summed E-state index contributed by atoms with van der Waals surface area (Å²) in [6.45, 7) is 9.28. The molecule has 2 N–H and O–H groups in total. The van der Waals surface area contributed by atoms with Crippen LogP contribution in [0.15, 0.2) is 0 Å². The van der Waals surface area contributed by atoms with Gasteiger partial charge in [-0.15, -0.1) is 0 Å². The van der Waals surface area contributed by atoms with Crippen molar-refractivity contribution >= 4 is 0 Å². The SMILES string of the molecule is CC(C)C1CCCCC1NCCCN1CCC(O)CC1. The van der Waals surface area contributed by atoms with E-state index in [9.17, 15) is 5.11 Å². The first-order chi connectivity index (χ1) is 9.66. The Labute approximate surface area is 125 Å². The first-order valence-electron chi connectivity index (χ1n) is 8.80. The molecule has 1 heterocycles. The van der Waals surface area contributed by atoms with Crippen LogP contribution in [0.2, 0.25) is 0 Å². The molecule has 2 aliphatic rings. The van der Waals surface area contributed by atoms with Gasteiger partial charge in [0.2, 0.25) is 0 Å². The number of nitrogens with zero attached hydrogens (tertiary/aromatic N) is 1. The fourth-order valence-electron chi connectivity index (χ4n) is 3.94. The van der Waals surface area contributed by atoms with Crippen molar-refractivity contribution in [2.45, 2.75) is 70.9 Å². The third-order valence-electron chi connectivity index (χ3n) is 5.29. The maximum atomic E-state index is 9.51. The minimum atomic E-state index is -0.0431. The van der Waals surface area contributed by atoms with E-state index in [1.165, 1.54) is 38.6 Å². The molecule has 2 fully saturated rings. The fraction of sp³-hybridized carbons (Fsp3) is 1.00. The van der Waals surface area contributed by atoms with Crippen molar-refractivity contribution in [3.8, 4) is 0 Å². The predicted molar refractivity (Wildman–Crippen MR) is 84.9 cm³/mol. The van der Waals surface area contributed by atoms with Crippen LogP contribution < -0.4 is 5.32 Å². The summed E-state index contributed by atoms with van der Waals surface area (Å²) in [6, 6.07) is 0.756. The van der Waals surface area contributed by atoms with Gasteiger partial charge in [-0.3, -0.25) is 0 Å². The smallest absolute Gasteiger partial charge is 0.0564 e. The number of hydrogen-bond acceptors (Lipinski definition) is 3. The lowest BCUT2D eigenvalue weighted by Crippen LogP contribution is -2.42. The number of piperidine rings is 1. The van der Waals surface area contributed by atoms with Crippen molar-refractivity contribution < 1.29 is 5.11 Å². The second-order valence-electron chi connectivity index (χ2n) is 7.18. The van der Waals surface area contributed by atoms with E-state index >= 15 is 0 Å². The molecular formula is C17H34N2O. The van der Waals surface area contributed by atoms with E-state index in [2.05, 4.69) is 24.1 Å². The van der Waals surface area contributed by atoms with E-state index in [1.807, 2.05) is 0 Å². The molecule has 0 aromatic rings. The van der Waals surface area contributed by atoms with Gasteiger partial charge in [-0.25, -0.2) is 0 Å². The summed E-state index contributed by atoms with van der Waals surface area (Å²) in [7, 11) is 0. The number of aliphatic hydroxyl groups excluding tert-OH is 1. The minimum absolute atomic E-state index is 0.0431. The first kappa shape index (κ1) is 16.3. The second-order valence-corrected chi connectivity index (χ2v) is 7.18. The summed E-state index contributed by atoms with van der Waals surface area (Å²) < 4.78 is 0. The third kappa shape index (κ3) is 5.01. The van der Waals surface area contributed by atoms with Crippen LogP contribution >= 0.6 is 0 Å². The van der Waals surface area contributed by atoms with Crippen LogP contribution in [0, 0.1) is 11.8 Å². The van der Waals surface area contributed by atoms with Crippen LogP contribution in [-0.2, 0) is 0 Å². The van der Waals surface area contributed by atoms with E-state index in [0.29, 0.717) is 0 Å². The summed E-state index contributed by atoms with van der Waals surface area (Å²) in [4.78, 5) is 2.51. The van der Waals surface area contributed by atoms with Crippen molar-refractivity contribution in [3.05, 3.63) is 0 Å². The van der Waals surface area contributed by atoms with Crippen LogP contribution in [0.4, 0.5) is 0 Å². The molecule has 2 unspecified atom stereocenters. The Kier molecular flexibility index (Phi) is 6.79. The summed E-state index contributed by atoms with van der Waals surface area (Å²) in [5, 5.41) is 13.3. The molecule has 0 amide bonds. The second kappa shape index (κ2) is 8.35. The molecule has 2 rings (SSSR count). The minimum Gasteiger partial charge on any atom is -0.393 e. The molecule has 3 nitrogen and oxygen atoms in total. The predicted octanol–water partition coefficient (Wildman–Crippen LogP) is 2.64. The molecule has 3 heteroatoms. The quantitative estimate of drug-likeness (QED) is 0.735. The van der Waals surface area contributed by atoms with E-state index in [-0.39, 0.29) is 6.10 Å². The van der Waals surface area contributed by atoms with Crippen LogP contribution in [0.1, 0.15) is 58.8 Å².